The van der Waals surface area contributed by atoms with E-state index in [1.807, 2.05) is 42.6 Å². The first-order chi connectivity index (χ1) is 20.5. The third kappa shape index (κ3) is 6.07. The molecule has 1 N–H and O–H groups in total. The van der Waals surface area contributed by atoms with Crippen molar-refractivity contribution in [2.75, 3.05) is 37.7 Å². The van der Waals surface area contributed by atoms with Crippen LogP contribution in [0.3, 0.4) is 0 Å². The number of thiocarbonyl (C=S) groups is 1. The Bertz CT molecular complexity index is 1500. The Morgan fingerprint density at radius 3 is 2.33 bits per heavy atom. The number of pyridine rings is 1. The molecule has 0 aliphatic carbocycles. The maximum absolute atomic E-state index is 6.11. The van der Waals surface area contributed by atoms with Gasteiger partial charge in [-0.1, -0.05) is 23.8 Å². The lowest BCUT2D eigenvalue weighted by Crippen LogP contribution is -2.37. The van der Waals surface area contributed by atoms with Gasteiger partial charge in [0.15, 0.2) is 5.11 Å². The van der Waals surface area contributed by atoms with E-state index in [1.54, 1.807) is 0 Å². The quantitative estimate of drug-likeness (QED) is 0.227. The smallest absolute Gasteiger partial charge is 0.174 e. The van der Waals surface area contributed by atoms with Crippen LogP contribution in [0, 0.1) is 20.8 Å². The summed E-state index contributed by atoms with van der Waals surface area (Å²) in [4.78, 5) is 9.48. The molecule has 2 aromatic heterocycles. The monoisotopic (exact) mass is 581 g/mol. The van der Waals surface area contributed by atoms with Crippen molar-refractivity contribution in [2.45, 2.75) is 45.8 Å². The fraction of sp³-hybridized carbons (Fsp3) is 0.353. The molecule has 2 atom stereocenters. The van der Waals surface area contributed by atoms with Crippen LogP contribution in [0.4, 0.5) is 5.69 Å². The largest absolute Gasteiger partial charge is 0.457 e. The normalized spacial score (nSPS) is 19.2. The highest BCUT2D eigenvalue weighted by atomic mass is 32.1. The zero-order chi connectivity index (χ0) is 29.1. The minimum atomic E-state index is -0.0792. The molecule has 8 heteroatoms. The fourth-order valence-corrected chi connectivity index (χ4v) is 6.46. The van der Waals surface area contributed by atoms with E-state index in [0.717, 1.165) is 68.7 Å². The van der Waals surface area contributed by atoms with Gasteiger partial charge in [0.2, 0.25) is 0 Å². The molecule has 0 bridgehead atoms. The average molecular weight is 582 g/mol. The van der Waals surface area contributed by atoms with Gasteiger partial charge in [0.1, 0.15) is 11.5 Å². The number of aromatic nitrogens is 2. The minimum Gasteiger partial charge on any atom is -0.457 e. The minimum absolute atomic E-state index is 0.0459. The predicted octanol–water partition coefficient (Wildman–Crippen LogP) is 6.50. The van der Waals surface area contributed by atoms with Crippen LogP contribution in [0.2, 0.25) is 0 Å². The van der Waals surface area contributed by atoms with Gasteiger partial charge in [-0.15, -0.1) is 0 Å². The lowest BCUT2D eigenvalue weighted by Gasteiger charge is -2.28. The Morgan fingerprint density at radius 2 is 1.64 bits per heavy atom. The van der Waals surface area contributed by atoms with Crippen LogP contribution in [0.15, 0.2) is 79.0 Å². The molecule has 4 aromatic rings. The summed E-state index contributed by atoms with van der Waals surface area (Å²) in [5, 5.41) is 4.30. The molecule has 4 heterocycles. The second-order valence-electron chi connectivity index (χ2n) is 11.2. The third-order valence-corrected chi connectivity index (χ3v) is 8.68. The average Bonchev–Trinajstić information content (AvgIpc) is 3.50. The molecule has 2 saturated heterocycles. The van der Waals surface area contributed by atoms with E-state index in [0.29, 0.717) is 5.11 Å². The molecular weight excluding hydrogens is 542 g/mol. The van der Waals surface area contributed by atoms with E-state index < -0.39 is 0 Å². The van der Waals surface area contributed by atoms with Crippen molar-refractivity contribution < 1.29 is 9.47 Å². The lowest BCUT2D eigenvalue weighted by atomic mass is 9.96. The van der Waals surface area contributed by atoms with E-state index >= 15 is 0 Å². The molecule has 0 spiro atoms. The van der Waals surface area contributed by atoms with Crippen LogP contribution in [0.25, 0.3) is 0 Å². The standard InChI is InChI=1S/C34H39N5O2S/c1-24-8-12-28(13-9-24)41-29-14-10-27(11-15-29)39-33(32(36-34(39)42)31-7-4-5-16-35-31)30-23-25(2)38(26(30)3)18-6-17-37-19-21-40-22-20-37/h4-5,7-16,23,32-33H,6,17-22H2,1-3H3,(H,36,42). The van der Waals surface area contributed by atoms with E-state index in [-0.39, 0.29) is 12.1 Å². The highest BCUT2D eigenvalue weighted by molar-refractivity contribution is 7.80. The maximum Gasteiger partial charge on any atom is 0.174 e. The Labute approximate surface area is 254 Å². The van der Waals surface area contributed by atoms with Crippen molar-refractivity contribution in [2.24, 2.45) is 0 Å². The summed E-state index contributed by atoms with van der Waals surface area (Å²) in [6, 6.07) is 24.6. The van der Waals surface area contributed by atoms with Crippen molar-refractivity contribution in [1.29, 1.82) is 0 Å². The first-order valence-corrected chi connectivity index (χ1v) is 15.2. The van der Waals surface area contributed by atoms with E-state index in [1.165, 1.54) is 22.5 Å². The summed E-state index contributed by atoms with van der Waals surface area (Å²) in [5.41, 5.74) is 7.01. The third-order valence-electron chi connectivity index (χ3n) is 8.36. The summed E-state index contributed by atoms with van der Waals surface area (Å²) in [6.45, 7) is 12.3. The van der Waals surface area contributed by atoms with Gasteiger partial charge in [-0.05, 0) is 99.6 Å². The Kier molecular flexibility index (Phi) is 8.55. The van der Waals surface area contributed by atoms with Crippen molar-refractivity contribution in [1.82, 2.24) is 19.8 Å². The van der Waals surface area contributed by atoms with Crippen LogP contribution in [-0.4, -0.2) is 52.4 Å². The summed E-state index contributed by atoms with van der Waals surface area (Å²) in [7, 11) is 0. The molecular formula is C34H39N5O2S. The highest BCUT2D eigenvalue weighted by Crippen LogP contribution is 2.43. The number of ether oxygens (including phenoxy) is 2. The predicted molar refractivity (Wildman–Crippen MR) is 171 cm³/mol. The number of rotatable bonds is 9. The number of aryl methyl sites for hydroxylation is 2. The van der Waals surface area contributed by atoms with Crippen LogP contribution in [0.1, 0.15) is 46.7 Å². The molecule has 2 aliphatic rings. The van der Waals surface area contributed by atoms with E-state index in [4.69, 9.17) is 26.7 Å². The lowest BCUT2D eigenvalue weighted by molar-refractivity contribution is 0.0369. The highest BCUT2D eigenvalue weighted by Gasteiger charge is 2.42. The molecule has 2 unspecified atom stereocenters. The van der Waals surface area contributed by atoms with E-state index in [2.05, 4.69) is 76.9 Å². The van der Waals surface area contributed by atoms with E-state index in [9.17, 15) is 0 Å². The fourth-order valence-electron chi connectivity index (χ4n) is 6.11. The van der Waals surface area contributed by atoms with Gasteiger partial charge >= 0.3 is 0 Å². The Balaban J connectivity index is 1.28. The topological polar surface area (TPSA) is 54.8 Å². The Morgan fingerprint density at radius 1 is 0.929 bits per heavy atom. The number of morpholine rings is 1. The van der Waals surface area contributed by atoms with Gasteiger partial charge in [0.05, 0.1) is 31.0 Å². The number of hydrogen-bond donors (Lipinski definition) is 1. The molecule has 42 heavy (non-hydrogen) atoms. The van der Waals surface area contributed by atoms with Gasteiger partial charge in [-0.25, -0.2) is 0 Å². The van der Waals surface area contributed by atoms with Crippen molar-refractivity contribution in [3.63, 3.8) is 0 Å². The number of nitrogens with one attached hydrogen (secondary N) is 1. The second kappa shape index (κ2) is 12.7. The van der Waals surface area contributed by atoms with Gasteiger partial charge in [-0.3, -0.25) is 9.88 Å². The molecule has 6 rings (SSSR count). The van der Waals surface area contributed by atoms with Crippen LogP contribution < -0.4 is 15.0 Å². The van der Waals surface area contributed by atoms with Gasteiger partial charge in [0.25, 0.3) is 0 Å². The zero-order valence-electron chi connectivity index (χ0n) is 24.6. The molecule has 7 nitrogen and oxygen atoms in total. The first-order valence-electron chi connectivity index (χ1n) is 14.8. The second-order valence-corrected chi connectivity index (χ2v) is 11.6. The summed E-state index contributed by atoms with van der Waals surface area (Å²) in [5.74, 6) is 1.61. The Hall–Kier alpha value is -3.72. The number of nitrogens with zero attached hydrogens (tertiary/aromatic N) is 4. The van der Waals surface area contributed by atoms with Gasteiger partial charge in [0, 0.05) is 49.5 Å². The zero-order valence-corrected chi connectivity index (χ0v) is 25.4. The van der Waals surface area contributed by atoms with Crippen molar-refractivity contribution >= 4 is 23.0 Å². The molecule has 218 valence electrons. The van der Waals surface area contributed by atoms with Gasteiger partial charge in [-0.2, -0.15) is 0 Å². The van der Waals surface area contributed by atoms with Crippen molar-refractivity contribution in [3.05, 3.63) is 107 Å². The summed E-state index contributed by atoms with van der Waals surface area (Å²) >= 11 is 5.99. The first kappa shape index (κ1) is 28.4. The maximum atomic E-state index is 6.11. The summed E-state index contributed by atoms with van der Waals surface area (Å²) < 4.78 is 14.1. The van der Waals surface area contributed by atoms with Crippen LogP contribution in [0.5, 0.6) is 11.5 Å². The molecule has 0 amide bonds. The molecule has 2 aliphatic heterocycles. The summed E-state index contributed by atoms with van der Waals surface area (Å²) in [6.07, 6.45) is 2.96. The van der Waals surface area contributed by atoms with Crippen LogP contribution >= 0.6 is 12.2 Å². The molecule has 2 aromatic carbocycles. The number of anilines is 1. The van der Waals surface area contributed by atoms with Gasteiger partial charge < -0.3 is 24.3 Å². The molecule has 0 radical (unpaired) electrons. The number of benzene rings is 2. The molecule has 2 fully saturated rings. The molecule has 0 saturated carbocycles. The van der Waals surface area contributed by atoms with Crippen molar-refractivity contribution in [3.8, 4) is 11.5 Å². The number of hydrogen-bond acceptors (Lipinski definition) is 5. The SMILES string of the molecule is Cc1ccc(Oc2ccc(N3C(=S)NC(c4ccccn4)C3c3cc(C)n(CCCN4CCOCC4)c3C)cc2)cc1. The van der Waals surface area contributed by atoms with Crippen LogP contribution in [-0.2, 0) is 11.3 Å².